The highest BCUT2D eigenvalue weighted by atomic mass is 15.2. The molecule has 1 aliphatic heterocycles. The van der Waals surface area contributed by atoms with Crippen molar-refractivity contribution in [3.63, 3.8) is 0 Å². The largest absolute Gasteiger partial charge is 0.336 e. The first-order valence-corrected chi connectivity index (χ1v) is 12.9. The zero-order valence-electron chi connectivity index (χ0n) is 20.8. The van der Waals surface area contributed by atoms with Crippen LogP contribution in [0.25, 0.3) is 22.5 Å². The minimum absolute atomic E-state index is 0.780. The lowest BCUT2D eigenvalue weighted by Crippen LogP contribution is -2.26. The molecule has 0 N–H and O–H groups in total. The maximum atomic E-state index is 2.55. The minimum Gasteiger partial charge on any atom is -0.336 e. The summed E-state index contributed by atoms with van der Waals surface area (Å²) in [5.74, 6) is 0. The lowest BCUT2D eigenvalue weighted by molar-refractivity contribution is 0.548. The van der Waals surface area contributed by atoms with Gasteiger partial charge in [0.25, 0.3) is 0 Å². The zero-order chi connectivity index (χ0) is 24.9. The highest BCUT2D eigenvalue weighted by Gasteiger charge is 2.30. The van der Waals surface area contributed by atoms with Crippen LogP contribution in [0.1, 0.15) is 34.2 Å². The summed E-state index contributed by atoms with van der Waals surface area (Å²) in [5, 5.41) is 0. The molecular weight excluding hydrogens is 446 g/mol. The molecule has 6 rings (SSSR count). The Morgan fingerprint density at radius 2 is 0.703 bits per heavy atom. The highest BCUT2D eigenvalue weighted by molar-refractivity contribution is 6.07. The van der Waals surface area contributed by atoms with E-state index in [1.807, 2.05) is 0 Å². The number of benzene rings is 5. The van der Waals surface area contributed by atoms with E-state index in [0.29, 0.717) is 0 Å². The fraction of sp³-hybridized carbons (Fsp3) is 0.0556. The molecule has 0 fully saturated rings. The first-order chi connectivity index (χ1) is 18.4. The van der Waals surface area contributed by atoms with Crippen LogP contribution < -0.4 is 0 Å². The third kappa shape index (κ3) is 4.77. The summed E-state index contributed by atoms with van der Waals surface area (Å²) in [4.78, 5) is 2.55. The molecule has 1 heterocycles. The molecule has 5 aromatic carbocycles. The Kier molecular flexibility index (Phi) is 6.51. The molecule has 0 bridgehead atoms. The summed E-state index contributed by atoms with van der Waals surface area (Å²) in [6.07, 6.45) is 0.855. The van der Waals surface area contributed by atoms with Crippen LogP contribution in [0.5, 0.6) is 0 Å². The fourth-order valence-corrected chi connectivity index (χ4v) is 5.31. The second-order valence-corrected chi connectivity index (χ2v) is 9.37. The van der Waals surface area contributed by atoms with Gasteiger partial charge in [0.05, 0.1) is 11.4 Å². The standard InChI is InChI=1S/C36H29N/c1-6-16-28(17-7-1)27-37-35(31-22-12-4-13-23-31)33(29-18-8-2-9-19-29)26-34(30-20-10-3-11-21-30)36(37)32-24-14-5-15-25-32/h1-25H,26-27H2. The smallest absolute Gasteiger partial charge is 0.0529 e. The molecule has 37 heavy (non-hydrogen) atoms. The Morgan fingerprint density at radius 3 is 1.08 bits per heavy atom. The van der Waals surface area contributed by atoms with Crippen LogP contribution in [-0.2, 0) is 6.54 Å². The summed E-state index contributed by atoms with van der Waals surface area (Å²) >= 11 is 0. The molecule has 0 unspecified atom stereocenters. The molecule has 0 saturated heterocycles. The molecule has 178 valence electrons. The van der Waals surface area contributed by atoms with Gasteiger partial charge in [0.2, 0.25) is 0 Å². The number of rotatable bonds is 6. The third-order valence-corrected chi connectivity index (χ3v) is 6.99. The highest BCUT2D eigenvalue weighted by Crippen LogP contribution is 2.48. The van der Waals surface area contributed by atoms with Crippen molar-refractivity contribution in [3.8, 4) is 0 Å². The van der Waals surface area contributed by atoms with Crippen LogP contribution in [0.2, 0.25) is 0 Å². The quantitative estimate of drug-likeness (QED) is 0.237. The normalized spacial score (nSPS) is 13.7. The SMILES string of the molecule is c1ccc(CN2C(c3ccccc3)=C(c3ccccc3)CC(c3ccccc3)=C2c2ccccc2)cc1. The first kappa shape index (κ1) is 22.8. The average molecular weight is 476 g/mol. The fourth-order valence-electron chi connectivity index (χ4n) is 5.31. The molecule has 0 aromatic heterocycles. The molecule has 0 atom stereocenters. The van der Waals surface area contributed by atoms with Gasteiger partial charge in [-0.2, -0.15) is 0 Å². The van der Waals surface area contributed by atoms with Crippen molar-refractivity contribution in [1.29, 1.82) is 0 Å². The number of hydrogen-bond donors (Lipinski definition) is 0. The molecule has 0 aliphatic carbocycles. The number of nitrogens with zero attached hydrogens (tertiary/aromatic N) is 1. The molecule has 0 saturated carbocycles. The van der Waals surface area contributed by atoms with Crippen molar-refractivity contribution >= 4 is 22.5 Å². The molecule has 5 aromatic rings. The van der Waals surface area contributed by atoms with E-state index in [0.717, 1.165) is 13.0 Å². The maximum absolute atomic E-state index is 2.55. The van der Waals surface area contributed by atoms with Crippen LogP contribution >= 0.6 is 0 Å². The summed E-state index contributed by atoms with van der Waals surface area (Å²) in [6, 6.07) is 54.3. The summed E-state index contributed by atoms with van der Waals surface area (Å²) in [6.45, 7) is 0.780. The second kappa shape index (κ2) is 10.6. The molecule has 1 aliphatic rings. The molecule has 0 radical (unpaired) electrons. The zero-order valence-corrected chi connectivity index (χ0v) is 20.8. The van der Waals surface area contributed by atoms with Crippen LogP contribution in [0.4, 0.5) is 0 Å². The van der Waals surface area contributed by atoms with Crippen molar-refractivity contribution in [2.45, 2.75) is 13.0 Å². The summed E-state index contributed by atoms with van der Waals surface area (Å²) in [5.41, 5.74) is 11.5. The van der Waals surface area contributed by atoms with Gasteiger partial charge in [-0.1, -0.05) is 152 Å². The molecule has 0 spiro atoms. The number of hydrogen-bond acceptors (Lipinski definition) is 1. The van der Waals surface area contributed by atoms with E-state index in [1.165, 1.54) is 50.4 Å². The van der Waals surface area contributed by atoms with E-state index >= 15 is 0 Å². The third-order valence-electron chi connectivity index (χ3n) is 6.99. The van der Waals surface area contributed by atoms with Gasteiger partial charge in [-0.15, -0.1) is 0 Å². The van der Waals surface area contributed by atoms with Crippen LogP contribution in [0.3, 0.4) is 0 Å². The van der Waals surface area contributed by atoms with Crippen LogP contribution in [-0.4, -0.2) is 4.90 Å². The lowest BCUT2D eigenvalue weighted by atomic mass is 9.83. The second-order valence-electron chi connectivity index (χ2n) is 9.37. The minimum atomic E-state index is 0.780. The van der Waals surface area contributed by atoms with E-state index in [-0.39, 0.29) is 0 Å². The summed E-state index contributed by atoms with van der Waals surface area (Å²) < 4.78 is 0. The first-order valence-electron chi connectivity index (χ1n) is 12.9. The molecule has 1 nitrogen and oxygen atoms in total. The van der Waals surface area contributed by atoms with E-state index in [9.17, 15) is 0 Å². The molecular formula is C36H29N. The Hall–Kier alpha value is -4.62. The molecule has 0 amide bonds. The van der Waals surface area contributed by atoms with Crippen LogP contribution in [0, 0.1) is 0 Å². The topological polar surface area (TPSA) is 3.24 Å². The van der Waals surface area contributed by atoms with Gasteiger partial charge in [-0.05, 0) is 39.0 Å². The van der Waals surface area contributed by atoms with Gasteiger partial charge in [-0.3, -0.25) is 0 Å². The Bertz CT molecular complexity index is 1420. The predicted molar refractivity (Wildman–Crippen MR) is 156 cm³/mol. The monoisotopic (exact) mass is 475 g/mol. The van der Waals surface area contributed by atoms with Gasteiger partial charge in [0, 0.05) is 13.0 Å². The maximum Gasteiger partial charge on any atom is 0.0529 e. The van der Waals surface area contributed by atoms with Gasteiger partial charge < -0.3 is 4.90 Å². The van der Waals surface area contributed by atoms with Crippen molar-refractivity contribution in [2.24, 2.45) is 0 Å². The van der Waals surface area contributed by atoms with Crippen molar-refractivity contribution in [3.05, 3.63) is 179 Å². The number of allylic oxidation sites excluding steroid dienone is 2. The van der Waals surface area contributed by atoms with Crippen molar-refractivity contribution in [2.75, 3.05) is 0 Å². The van der Waals surface area contributed by atoms with Crippen LogP contribution in [0.15, 0.2) is 152 Å². The van der Waals surface area contributed by atoms with E-state index < -0.39 is 0 Å². The van der Waals surface area contributed by atoms with E-state index in [4.69, 9.17) is 0 Å². The Morgan fingerprint density at radius 1 is 0.378 bits per heavy atom. The molecule has 1 heteroatoms. The van der Waals surface area contributed by atoms with Gasteiger partial charge in [-0.25, -0.2) is 0 Å². The Labute approximate surface area is 219 Å². The van der Waals surface area contributed by atoms with E-state index in [1.54, 1.807) is 0 Å². The van der Waals surface area contributed by atoms with Gasteiger partial charge in [0.15, 0.2) is 0 Å². The van der Waals surface area contributed by atoms with Gasteiger partial charge >= 0.3 is 0 Å². The van der Waals surface area contributed by atoms with Crippen molar-refractivity contribution < 1.29 is 0 Å². The van der Waals surface area contributed by atoms with E-state index in [2.05, 4.69) is 157 Å². The van der Waals surface area contributed by atoms with Crippen molar-refractivity contribution in [1.82, 2.24) is 4.90 Å². The van der Waals surface area contributed by atoms with Gasteiger partial charge in [0.1, 0.15) is 0 Å². The summed E-state index contributed by atoms with van der Waals surface area (Å²) in [7, 11) is 0. The Balaban J connectivity index is 1.66. The predicted octanol–water partition coefficient (Wildman–Crippen LogP) is 9.03. The lowest BCUT2D eigenvalue weighted by Gasteiger charge is -2.39. The average Bonchev–Trinajstić information content (AvgIpc) is 2.99.